The molecule has 0 saturated heterocycles. The summed E-state index contributed by atoms with van der Waals surface area (Å²) in [7, 11) is 0. The van der Waals surface area contributed by atoms with Gasteiger partial charge in [-0.05, 0) is 18.1 Å². The van der Waals surface area contributed by atoms with E-state index in [4.69, 9.17) is 5.73 Å². The summed E-state index contributed by atoms with van der Waals surface area (Å²) in [6.45, 7) is 0. The van der Waals surface area contributed by atoms with Crippen LogP contribution in [0.1, 0.15) is 28.3 Å². The fourth-order valence-electron chi connectivity index (χ4n) is 2.26. The van der Waals surface area contributed by atoms with Crippen molar-refractivity contribution in [1.29, 1.82) is 0 Å². The first kappa shape index (κ1) is 11.7. The highest BCUT2D eigenvalue weighted by molar-refractivity contribution is 5.99. The Morgan fingerprint density at radius 3 is 2.79 bits per heavy atom. The maximum Gasteiger partial charge on any atom is 0.255 e. The fraction of sp³-hybridized carbons (Fsp3) is 0.200. The molecule has 1 aliphatic rings. The Balaban J connectivity index is 1.66. The Kier molecular flexibility index (Phi) is 2.91. The maximum atomic E-state index is 12.1. The summed E-state index contributed by atoms with van der Waals surface area (Å²) in [4.78, 5) is 16.0. The van der Waals surface area contributed by atoms with Gasteiger partial charge in [-0.15, -0.1) is 0 Å². The van der Waals surface area contributed by atoms with Crippen molar-refractivity contribution in [2.24, 2.45) is 0 Å². The van der Waals surface area contributed by atoms with Crippen molar-refractivity contribution < 1.29 is 4.79 Å². The molecule has 1 saturated carbocycles. The Labute approximate surface area is 111 Å². The molecule has 96 valence electrons. The molecule has 0 radical (unpaired) electrons. The third-order valence-electron chi connectivity index (χ3n) is 3.43. The van der Waals surface area contributed by atoms with E-state index in [-0.39, 0.29) is 11.9 Å². The number of aromatic nitrogens is 1. The molecular weight excluding hydrogens is 238 g/mol. The fourth-order valence-corrected chi connectivity index (χ4v) is 2.26. The van der Waals surface area contributed by atoms with Gasteiger partial charge in [0, 0.05) is 30.0 Å². The molecule has 2 aromatic rings. The molecule has 4 heteroatoms. The van der Waals surface area contributed by atoms with Crippen molar-refractivity contribution in [3.05, 3.63) is 59.9 Å². The third-order valence-corrected chi connectivity index (χ3v) is 3.43. The molecule has 2 atom stereocenters. The van der Waals surface area contributed by atoms with E-state index in [2.05, 4.69) is 22.4 Å². The van der Waals surface area contributed by atoms with Crippen LogP contribution < -0.4 is 11.1 Å². The summed E-state index contributed by atoms with van der Waals surface area (Å²) in [6, 6.07) is 12.1. The number of nitrogens with two attached hydrogens (primary N) is 1. The quantitative estimate of drug-likeness (QED) is 0.878. The minimum absolute atomic E-state index is 0.144. The summed E-state index contributed by atoms with van der Waals surface area (Å²) in [6.07, 6.45) is 4.07. The normalized spacial score (nSPS) is 20.8. The topological polar surface area (TPSA) is 68.0 Å². The van der Waals surface area contributed by atoms with Gasteiger partial charge in [0.2, 0.25) is 0 Å². The monoisotopic (exact) mass is 253 g/mol. The van der Waals surface area contributed by atoms with E-state index in [1.54, 1.807) is 12.3 Å². The second kappa shape index (κ2) is 4.72. The zero-order valence-corrected chi connectivity index (χ0v) is 10.4. The number of rotatable bonds is 3. The van der Waals surface area contributed by atoms with Gasteiger partial charge in [0.25, 0.3) is 5.91 Å². The molecule has 2 unspecified atom stereocenters. The average Bonchev–Trinajstić information content (AvgIpc) is 3.19. The first-order valence-electron chi connectivity index (χ1n) is 6.31. The molecular formula is C15H15N3O. The number of nitrogen functional groups attached to an aromatic ring is 1. The van der Waals surface area contributed by atoms with Crippen LogP contribution >= 0.6 is 0 Å². The summed E-state index contributed by atoms with van der Waals surface area (Å²) in [5.74, 6) is 0.275. The smallest absolute Gasteiger partial charge is 0.255 e. The van der Waals surface area contributed by atoms with Crippen molar-refractivity contribution in [3.8, 4) is 0 Å². The molecule has 3 rings (SSSR count). The highest BCUT2D eigenvalue weighted by Gasteiger charge is 2.39. The largest absolute Gasteiger partial charge is 0.398 e. The van der Waals surface area contributed by atoms with Crippen LogP contribution in [0.25, 0.3) is 0 Å². The number of carbonyl (C=O) groups is 1. The number of amides is 1. The molecule has 1 aromatic heterocycles. The van der Waals surface area contributed by atoms with Crippen LogP contribution in [0.15, 0.2) is 48.8 Å². The molecule has 1 aliphatic carbocycles. The molecule has 1 fully saturated rings. The molecule has 0 aliphatic heterocycles. The zero-order chi connectivity index (χ0) is 13.2. The van der Waals surface area contributed by atoms with Crippen LogP contribution in [0.5, 0.6) is 0 Å². The van der Waals surface area contributed by atoms with Crippen molar-refractivity contribution in [3.63, 3.8) is 0 Å². The number of anilines is 1. The van der Waals surface area contributed by atoms with Crippen LogP contribution in [0.3, 0.4) is 0 Å². The SMILES string of the molecule is Nc1ccncc1C(=O)NC1CC1c1ccccc1. The van der Waals surface area contributed by atoms with Crippen LogP contribution in [-0.2, 0) is 0 Å². The number of nitrogens with one attached hydrogen (secondary N) is 1. The van der Waals surface area contributed by atoms with Crippen LogP contribution in [0, 0.1) is 0 Å². The molecule has 4 nitrogen and oxygen atoms in total. The van der Waals surface area contributed by atoms with E-state index < -0.39 is 0 Å². The molecule has 1 aromatic carbocycles. The van der Waals surface area contributed by atoms with Crippen molar-refractivity contribution in [2.45, 2.75) is 18.4 Å². The Morgan fingerprint density at radius 2 is 2.05 bits per heavy atom. The molecule has 1 heterocycles. The minimum atomic E-state index is -0.144. The maximum absolute atomic E-state index is 12.1. The van der Waals surface area contributed by atoms with Gasteiger partial charge in [0.05, 0.1) is 5.56 Å². The molecule has 3 N–H and O–H groups in total. The van der Waals surface area contributed by atoms with Gasteiger partial charge in [-0.2, -0.15) is 0 Å². The predicted octanol–water partition coefficient (Wildman–Crippen LogP) is 1.95. The lowest BCUT2D eigenvalue weighted by molar-refractivity contribution is 0.0951. The van der Waals surface area contributed by atoms with Crippen LogP contribution in [-0.4, -0.2) is 16.9 Å². The van der Waals surface area contributed by atoms with Gasteiger partial charge in [-0.25, -0.2) is 0 Å². The van der Waals surface area contributed by atoms with Gasteiger partial charge in [-0.3, -0.25) is 9.78 Å². The van der Waals surface area contributed by atoms with Crippen molar-refractivity contribution >= 4 is 11.6 Å². The summed E-state index contributed by atoms with van der Waals surface area (Å²) in [5.41, 5.74) is 7.94. The average molecular weight is 253 g/mol. The molecule has 0 spiro atoms. The lowest BCUT2D eigenvalue weighted by Crippen LogP contribution is -2.27. The second-order valence-corrected chi connectivity index (χ2v) is 4.80. The van der Waals surface area contributed by atoms with E-state index >= 15 is 0 Å². The van der Waals surface area contributed by atoms with Gasteiger partial charge >= 0.3 is 0 Å². The Morgan fingerprint density at radius 1 is 1.26 bits per heavy atom. The van der Waals surface area contributed by atoms with E-state index in [1.165, 1.54) is 11.8 Å². The lowest BCUT2D eigenvalue weighted by Gasteiger charge is -2.06. The number of hydrogen-bond donors (Lipinski definition) is 2. The van der Waals surface area contributed by atoms with Crippen LogP contribution in [0.4, 0.5) is 5.69 Å². The highest BCUT2D eigenvalue weighted by Crippen LogP contribution is 2.40. The van der Waals surface area contributed by atoms with Crippen molar-refractivity contribution in [1.82, 2.24) is 10.3 Å². The minimum Gasteiger partial charge on any atom is -0.398 e. The zero-order valence-electron chi connectivity index (χ0n) is 10.4. The first-order chi connectivity index (χ1) is 9.25. The number of hydrogen-bond acceptors (Lipinski definition) is 3. The van der Waals surface area contributed by atoms with Gasteiger partial charge in [0.15, 0.2) is 0 Å². The number of carbonyl (C=O) groups excluding carboxylic acids is 1. The Bertz CT molecular complexity index is 597. The predicted molar refractivity (Wildman–Crippen MR) is 73.7 cm³/mol. The first-order valence-corrected chi connectivity index (χ1v) is 6.31. The Hall–Kier alpha value is -2.36. The van der Waals surface area contributed by atoms with Gasteiger partial charge in [0.1, 0.15) is 0 Å². The molecule has 19 heavy (non-hydrogen) atoms. The van der Waals surface area contributed by atoms with Crippen molar-refractivity contribution in [2.75, 3.05) is 5.73 Å². The summed E-state index contributed by atoms with van der Waals surface area (Å²) >= 11 is 0. The van der Waals surface area contributed by atoms with E-state index in [1.807, 2.05) is 18.2 Å². The molecule has 1 amide bonds. The second-order valence-electron chi connectivity index (χ2n) is 4.80. The van der Waals surface area contributed by atoms with E-state index in [0.717, 1.165) is 6.42 Å². The number of pyridine rings is 1. The van der Waals surface area contributed by atoms with Gasteiger partial charge < -0.3 is 11.1 Å². The number of benzene rings is 1. The third kappa shape index (κ3) is 2.42. The summed E-state index contributed by atoms with van der Waals surface area (Å²) < 4.78 is 0. The molecule has 0 bridgehead atoms. The van der Waals surface area contributed by atoms with Gasteiger partial charge in [-0.1, -0.05) is 30.3 Å². The van der Waals surface area contributed by atoms with Crippen LogP contribution in [0.2, 0.25) is 0 Å². The van der Waals surface area contributed by atoms with E-state index in [9.17, 15) is 4.79 Å². The number of nitrogens with zero attached hydrogens (tertiary/aromatic N) is 1. The summed E-state index contributed by atoms with van der Waals surface area (Å²) in [5, 5.41) is 3.00. The van der Waals surface area contributed by atoms with E-state index in [0.29, 0.717) is 17.2 Å². The lowest BCUT2D eigenvalue weighted by atomic mass is 10.1. The standard InChI is InChI=1S/C15H15N3O/c16-13-6-7-17-9-12(13)15(19)18-14-8-11(14)10-4-2-1-3-5-10/h1-7,9,11,14H,8H2,(H2,16,17)(H,18,19). The highest BCUT2D eigenvalue weighted by atomic mass is 16.1.